The van der Waals surface area contributed by atoms with E-state index in [9.17, 15) is 28.8 Å². The Kier molecular flexibility index (Phi) is 16.9. The van der Waals surface area contributed by atoms with Crippen molar-refractivity contribution in [2.75, 3.05) is 13.2 Å². The van der Waals surface area contributed by atoms with Crippen LogP contribution in [0.5, 0.6) is 0 Å². The zero-order valence-electron chi connectivity index (χ0n) is 32.6. The van der Waals surface area contributed by atoms with Gasteiger partial charge in [0.2, 0.25) is 0 Å². The zero-order valence-corrected chi connectivity index (χ0v) is 32.6. The van der Waals surface area contributed by atoms with Crippen LogP contribution >= 0.6 is 0 Å². The number of carboxylic acids is 1. The minimum absolute atomic E-state index is 0. The molecule has 0 aromatic rings. The molecule has 0 radical (unpaired) electrons. The molecule has 3 aliphatic rings. The van der Waals surface area contributed by atoms with Crippen molar-refractivity contribution < 1.29 is 57.6 Å². The predicted molar refractivity (Wildman–Crippen MR) is 199 cm³/mol. The van der Waals surface area contributed by atoms with Crippen LogP contribution in [0.25, 0.3) is 0 Å². The van der Waals surface area contributed by atoms with Crippen LogP contribution in [0.4, 0.5) is 14.4 Å². The molecule has 302 valence electrons. The Labute approximate surface area is 314 Å². The Bertz CT molecular complexity index is 1310. The molecule has 0 bridgehead atoms. The molecule has 15 heteroatoms. The van der Waals surface area contributed by atoms with E-state index in [0.29, 0.717) is 19.3 Å². The van der Waals surface area contributed by atoms with E-state index in [-0.39, 0.29) is 38.4 Å². The van der Waals surface area contributed by atoms with Gasteiger partial charge in [0.25, 0.3) is 0 Å². The van der Waals surface area contributed by atoms with Crippen LogP contribution in [0.15, 0.2) is 38.0 Å². The van der Waals surface area contributed by atoms with E-state index >= 15 is 0 Å². The summed E-state index contributed by atoms with van der Waals surface area (Å²) in [6, 6.07) is 0. The summed E-state index contributed by atoms with van der Waals surface area (Å²) in [4.78, 5) is 69.6. The third-order valence-corrected chi connectivity index (χ3v) is 7.73. The van der Waals surface area contributed by atoms with Crippen molar-refractivity contribution in [2.24, 2.45) is 17.8 Å². The summed E-state index contributed by atoms with van der Waals surface area (Å²) in [5.41, 5.74) is -5.02. The molecule has 53 heavy (non-hydrogen) atoms. The lowest BCUT2D eigenvalue weighted by atomic mass is 10.2. The maximum atomic E-state index is 11.9. The Hall–Kier alpha value is -4.56. The number of carbonyl (C=O) groups excluding carboxylic acids is 5. The number of rotatable bonds is 11. The van der Waals surface area contributed by atoms with Crippen LogP contribution in [0.2, 0.25) is 0 Å². The van der Waals surface area contributed by atoms with Crippen molar-refractivity contribution >= 4 is 36.2 Å². The van der Waals surface area contributed by atoms with E-state index in [1.807, 2.05) is 0 Å². The molecule has 0 aliphatic heterocycles. The highest BCUT2D eigenvalue weighted by molar-refractivity contribution is 5.91. The maximum absolute atomic E-state index is 11.9. The van der Waals surface area contributed by atoms with Gasteiger partial charge in [-0.2, -0.15) is 0 Å². The number of hydrogen-bond acceptors (Lipinski definition) is 11. The van der Waals surface area contributed by atoms with Crippen molar-refractivity contribution in [2.45, 2.75) is 136 Å². The number of esters is 2. The standard InChI is InChI=1S/2C13H21NO4.C11H17NO4.CH4/c2*1-6-9-8-13(9,10(15)17-7-2)14-11(16)18-12(3,4)5;1-5-7-6-11(7,8(13)14)12-9(15)16-10(2,3)4;/h2*6,9H,1,7-8H2,2-5H3,(H,14,16);5,7H,1,6H2,2-4H3,(H,12,15)(H,13,14);1H4/t2*9-,13-;7-,11-;/m100./s1. The highest BCUT2D eigenvalue weighted by Crippen LogP contribution is 2.47. The molecule has 0 saturated heterocycles. The fraction of sp³-hybridized carbons (Fsp3) is 0.684. The molecule has 0 heterocycles. The second kappa shape index (κ2) is 18.5. The summed E-state index contributed by atoms with van der Waals surface area (Å²) in [7, 11) is 0. The lowest BCUT2D eigenvalue weighted by Gasteiger charge is -2.23. The molecule has 3 rings (SSSR count). The van der Waals surface area contributed by atoms with Gasteiger partial charge in [0.15, 0.2) is 0 Å². The first-order chi connectivity index (χ1) is 23.7. The van der Waals surface area contributed by atoms with Crippen molar-refractivity contribution in [3.63, 3.8) is 0 Å². The number of nitrogens with one attached hydrogen (secondary N) is 3. The first-order valence-electron chi connectivity index (χ1n) is 17.2. The molecule has 3 aliphatic carbocycles. The van der Waals surface area contributed by atoms with Gasteiger partial charge in [0, 0.05) is 17.8 Å². The molecular formula is C38H63N3O12. The normalized spacial score (nSPS) is 26.2. The molecule has 4 N–H and O–H groups in total. The number of amides is 3. The fourth-order valence-corrected chi connectivity index (χ4v) is 5.00. The van der Waals surface area contributed by atoms with Crippen molar-refractivity contribution in [1.82, 2.24) is 16.0 Å². The number of carboxylic acid groups (broad SMARTS) is 1. The Morgan fingerprint density at radius 2 is 0.830 bits per heavy atom. The predicted octanol–water partition coefficient (Wildman–Crippen LogP) is 6.21. The average Bonchev–Trinajstić information content (AvgIpc) is 3.90. The molecular weight excluding hydrogens is 690 g/mol. The van der Waals surface area contributed by atoms with E-state index in [1.54, 1.807) is 88.3 Å². The first-order valence-corrected chi connectivity index (χ1v) is 17.2. The van der Waals surface area contributed by atoms with Gasteiger partial charge in [-0.05, 0) is 95.4 Å². The zero-order chi connectivity index (χ0) is 40.5. The minimum Gasteiger partial charge on any atom is -0.479 e. The lowest BCUT2D eigenvalue weighted by molar-refractivity contribution is -0.148. The van der Waals surface area contributed by atoms with Gasteiger partial charge < -0.3 is 44.7 Å². The number of carbonyl (C=O) groups is 6. The van der Waals surface area contributed by atoms with Crippen LogP contribution in [-0.2, 0) is 38.1 Å². The van der Waals surface area contributed by atoms with Crippen molar-refractivity contribution in [3.05, 3.63) is 38.0 Å². The van der Waals surface area contributed by atoms with Crippen LogP contribution in [0.3, 0.4) is 0 Å². The molecule has 0 aromatic heterocycles. The first kappa shape index (κ1) is 48.4. The van der Waals surface area contributed by atoms with Gasteiger partial charge in [0.1, 0.15) is 33.4 Å². The summed E-state index contributed by atoms with van der Waals surface area (Å²) in [5.74, 6) is -2.32. The van der Waals surface area contributed by atoms with Crippen molar-refractivity contribution in [1.29, 1.82) is 0 Å². The van der Waals surface area contributed by atoms with E-state index in [0.717, 1.165) is 0 Å². The molecule has 15 nitrogen and oxygen atoms in total. The van der Waals surface area contributed by atoms with Crippen LogP contribution in [0.1, 0.15) is 103 Å². The van der Waals surface area contributed by atoms with E-state index < -0.39 is 69.6 Å². The monoisotopic (exact) mass is 753 g/mol. The number of alkyl carbamates (subject to hydrolysis) is 3. The number of ether oxygens (including phenoxy) is 5. The van der Waals surface area contributed by atoms with E-state index in [4.69, 9.17) is 28.8 Å². The molecule has 6 atom stereocenters. The second-order valence-corrected chi connectivity index (χ2v) is 15.7. The summed E-state index contributed by atoms with van der Waals surface area (Å²) in [6.45, 7) is 30.6. The van der Waals surface area contributed by atoms with Gasteiger partial charge in [-0.1, -0.05) is 25.7 Å². The van der Waals surface area contributed by atoms with Gasteiger partial charge >= 0.3 is 36.2 Å². The lowest BCUT2D eigenvalue weighted by Crippen LogP contribution is -2.47. The average molecular weight is 754 g/mol. The molecule has 0 aromatic carbocycles. The maximum Gasteiger partial charge on any atom is 0.408 e. The second-order valence-electron chi connectivity index (χ2n) is 15.7. The summed E-state index contributed by atoms with van der Waals surface area (Å²) >= 11 is 0. The molecule has 3 fully saturated rings. The van der Waals surface area contributed by atoms with Crippen LogP contribution < -0.4 is 16.0 Å². The Morgan fingerprint density at radius 1 is 0.585 bits per heavy atom. The van der Waals surface area contributed by atoms with Gasteiger partial charge in [-0.15, -0.1) is 19.7 Å². The third-order valence-electron chi connectivity index (χ3n) is 7.73. The molecule has 0 unspecified atom stereocenters. The Morgan fingerprint density at radius 3 is 1.02 bits per heavy atom. The molecule has 3 amide bonds. The van der Waals surface area contributed by atoms with Crippen molar-refractivity contribution in [3.8, 4) is 0 Å². The topological polar surface area (TPSA) is 205 Å². The quantitative estimate of drug-likeness (QED) is 0.106. The Balaban J connectivity index is 0.000000760. The van der Waals surface area contributed by atoms with Crippen LogP contribution in [0, 0.1) is 17.8 Å². The van der Waals surface area contributed by atoms with Crippen LogP contribution in [-0.4, -0.2) is 87.9 Å². The largest absolute Gasteiger partial charge is 0.479 e. The van der Waals surface area contributed by atoms with Gasteiger partial charge in [0.05, 0.1) is 13.2 Å². The SMILES string of the molecule is C.C=C[C@@H]1C[C@]1(NC(=O)OC(C)(C)C)C(=O)OCC.C=C[C@H]1C[C@@]1(NC(=O)OC(C)(C)C)C(=O)O.C=C[C@H]1C[C@@]1(NC(=O)OC(C)(C)C)C(=O)OCC. The van der Waals surface area contributed by atoms with Gasteiger partial charge in [-0.25, -0.2) is 28.8 Å². The highest BCUT2D eigenvalue weighted by atomic mass is 16.6. The number of hydrogen-bond donors (Lipinski definition) is 4. The summed E-state index contributed by atoms with van der Waals surface area (Å²) < 4.78 is 25.2. The highest BCUT2D eigenvalue weighted by Gasteiger charge is 2.63. The smallest absolute Gasteiger partial charge is 0.408 e. The van der Waals surface area contributed by atoms with E-state index in [2.05, 4.69) is 35.7 Å². The van der Waals surface area contributed by atoms with Gasteiger partial charge in [-0.3, -0.25) is 0 Å². The van der Waals surface area contributed by atoms with E-state index in [1.165, 1.54) is 6.08 Å². The number of aliphatic carboxylic acids is 1. The summed E-state index contributed by atoms with van der Waals surface area (Å²) in [5, 5.41) is 16.6. The minimum atomic E-state index is -1.22. The molecule has 3 saturated carbocycles. The fourth-order valence-electron chi connectivity index (χ4n) is 5.00. The molecule has 0 spiro atoms. The summed E-state index contributed by atoms with van der Waals surface area (Å²) in [6.07, 6.45) is 4.28. The third kappa shape index (κ3) is 14.4.